The van der Waals surface area contributed by atoms with Gasteiger partial charge in [0, 0.05) is 4.47 Å². The van der Waals surface area contributed by atoms with Crippen LogP contribution in [0.4, 0.5) is 0 Å². The van der Waals surface area contributed by atoms with Gasteiger partial charge in [-0.05, 0) is 51.8 Å². The molecule has 6 heteroatoms. The lowest BCUT2D eigenvalue weighted by molar-refractivity contribution is -0.141. The molecule has 0 atom stereocenters. The number of hydrogen-bond acceptors (Lipinski definition) is 4. The highest BCUT2D eigenvalue weighted by atomic mass is 79.9. The summed E-state index contributed by atoms with van der Waals surface area (Å²) in [6.07, 6.45) is 3.07. The van der Waals surface area contributed by atoms with Gasteiger partial charge in [-0.15, -0.1) is 0 Å². The Balaban J connectivity index is 1.81. The molecule has 0 aliphatic heterocycles. The number of esters is 1. The van der Waals surface area contributed by atoms with Crippen LogP contribution in [0.2, 0.25) is 0 Å². The average molecular weight is 426 g/mol. The molecule has 1 N–H and O–H groups in total. The van der Waals surface area contributed by atoms with E-state index in [-0.39, 0.29) is 12.3 Å². The molecule has 136 valence electrons. The van der Waals surface area contributed by atoms with E-state index in [2.05, 4.69) is 21.2 Å². The molecule has 1 amide bonds. The largest absolute Gasteiger partial charge is 0.466 e. The molecule has 0 spiro atoms. The zero-order chi connectivity index (χ0) is 19.1. The van der Waals surface area contributed by atoms with Crippen LogP contribution in [-0.2, 0) is 16.1 Å². The van der Waals surface area contributed by atoms with Crippen LogP contribution in [0.5, 0.6) is 0 Å². The number of furan rings is 1. The van der Waals surface area contributed by atoms with Gasteiger partial charge in [-0.25, -0.2) is 4.79 Å². The molecule has 0 aliphatic rings. The van der Waals surface area contributed by atoms with Crippen molar-refractivity contribution >= 4 is 33.9 Å². The quantitative estimate of drug-likeness (QED) is 0.464. The molecule has 5 nitrogen and oxygen atoms in total. The van der Waals surface area contributed by atoms with E-state index >= 15 is 0 Å². The Morgan fingerprint density at radius 1 is 1.00 bits per heavy atom. The molecule has 0 fully saturated rings. The molecular formula is C21H16BrNO4. The Labute approximate surface area is 164 Å². The molecule has 0 radical (unpaired) electrons. The van der Waals surface area contributed by atoms with Crippen LogP contribution in [0, 0.1) is 0 Å². The molecule has 0 unspecified atom stereocenters. The smallest absolute Gasteiger partial charge is 0.355 e. The van der Waals surface area contributed by atoms with Crippen molar-refractivity contribution < 1.29 is 18.7 Å². The summed E-state index contributed by atoms with van der Waals surface area (Å²) in [4.78, 5) is 25.1. The third-order valence-corrected chi connectivity index (χ3v) is 4.31. The van der Waals surface area contributed by atoms with Crippen molar-refractivity contribution in [1.29, 1.82) is 0 Å². The summed E-state index contributed by atoms with van der Waals surface area (Å²) in [6, 6.07) is 19.6. The second kappa shape index (κ2) is 9.00. The molecule has 0 aliphatic carbocycles. The van der Waals surface area contributed by atoms with Crippen molar-refractivity contribution in [2.45, 2.75) is 6.61 Å². The van der Waals surface area contributed by atoms with E-state index < -0.39 is 11.9 Å². The van der Waals surface area contributed by atoms with Gasteiger partial charge < -0.3 is 14.5 Å². The van der Waals surface area contributed by atoms with Gasteiger partial charge in [0.1, 0.15) is 18.1 Å². The van der Waals surface area contributed by atoms with E-state index in [0.717, 1.165) is 5.56 Å². The fourth-order valence-electron chi connectivity index (χ4n) is 2.31. The number of rotatable bonds is 6. The molecule has 3 rings (SSSR count). The number of benzene rings is 2. The first-order valence-corrected chi connectivity index (χ1v) is 8.95. The van der Waals surface area contributed by atoms with Crippen molar-refractivity contribution in [3.8, 4) is 0 Å². The van der Waals surface area contributed by atoms with Gasteiger partial charge in [-0.3, -0.25) is 4.79 Å². The lowest BCUT2D eigenvalue weighted by Gasteiger charge is -2.11. The Morgan fingerprint density at radius 2 is 1.74 bits per heavy atom. The molecule has 1 heterocycles. The Hall–Kier alpha value is -3.12. The Morgan fingerprint density at radius 3 is 2.44 bits per heavy atom. The molecule has 2 aromatic carbocycles. The Bertz CT molecular complexity index is 949. The predicted molar refractivity (Wildman–Crippen MR) is 105 cm³/mol. The standard InChI is InChI=1S/C21H16BrNO4/c22-18-11-5-4-10-17(18)20(24)23-19(13-15-7-2-1-3-8-15)21(25)27-14-16-9-6-12-26-16/h1-13H,14H2,(H,23,24)/b19-13-. The highest BCUT2D eigenvalue weighted by Crippen LogP contribution is 2.17. The van der Waals surface area contributed by atoms with Gasteiger partial charge in [-0.2, -0.15) is 0 Å². The summed E-state index contributed by atoms with van der Waals surface area (Å²) in [7, 11) is 0. The second-order valence-electron chi connectivity index (χ2n) is 5.56. The summed E-state index contributed by atoms with van der Waals surface area (Å²) >= 11 is 3.34. The number of carbonyl (C=O) groups excluding carboxylic acids is 2. The van der Waals surface area contributed by atoms with E-state index in [0.29, 0.717) is 15.8 Å². The minimum Gasteiger partial charge on any atom is -0.466 e. The summed E-state index contributed by atoms with van der Waals surface area (Å²) in [5.74, 6) is -0.560. The maximum Gasteiger partial charge on any atom is 0.355 e. The fraction of sp³-hybridized carbons (Fsp3) is 0.0476. The number of ether oxygens (including phenoxy) is 1. The van der Waals surface area contributed by atoms with E-state index in [1.165, 1.54) is 6.26 Å². The second-order valence-corrected chi connectivity index (χ2v) is 6.41. The van der Waals surface area contributed by atoms with Gasteiger partial charge in [0.2, 0.25) is 0 Å². The first kappa shape index (κ1) is 18.7. The Kier molecular flexibility index (Phi) is 6.22. The van der Waals surface area contributed by atoms with Crippen LogP contribution in [-0.4, -0.2) is 11.9 Å². The van der Waals surface area contributed by atoms with Crippen LogP contribution in [0.25, 0.3) is 6.08 Å². The fourth-order valence-corrected chi connectivity index (χ4v) is 2.77. The van der Waals surface area contributed by atoms with E-state index in [9.17, 15) is 9.59 Å². The molecule has 0 saturated heterocycles. The minimum atomic E-state index is -0.657. The van der Waals surface area contributed by atoms with E-state index in [1.54, 1.807) is 42.5 Å². The van der Waals surface area contributed by atoms with Gasteiger partial charge in [0.05, 0.1) is 11.8 Å². The number of halogens is 1. The highest BCUT2D eigenvalue weighted by Gasteiger charge is 2.18. The van der Waals surface area contributed by atoms with E-state index in [4.69, 9.17) is 9.15 Å². The topological polar surface area (TPSA) is 68.5 Å². The normalized spacial score (nSPS) is 11.1. The average Bonchev–Trinajstić information content (AvgIpc) is 3.20. The number of amides is 1. The summed E-state index contributed by atoms with van der Waals surface area (Å²) < 4.78 is 11.0. The number of hydrogen-bond donors (Lipinski definition) is 1. The van der Waals surface area contributed by atoms with Crippen molar-refractivity contribution in [3.63, 3.8) is 0 Å². The van der Waals surface area contributed by atoms with Gasteiger partial charge in [0.15, 0.2) is 0 Å². The van der Waals surface area contributed by atoms with Gasteiger partial charge in [0.25, 0.3) is 5.91 Å². The van der Waals surface area contributed by atoms with Crippen LogP contribution < -0.4 is 5.32 Å². The molecular weight excluding hydrogens is 410 g/mol. The van der Waals surface area contributed by atoms with Crippen molar-refractivity contribution in [2.24, 2.45) is 0 Å². The van der Waals surface area contributed by atoms with Crippen LogP contribution in [0.1, 0.15) is 21.7 Å². The molecule has 0 bridgehead atoms. The SMILES string of the molecule is O=C(OCc1ccco1)/C(=C/c1ccccc1)NC(=O)c1ccccc1Br. The monoisotopic (exact) mass is 425 g/mol. The van der Waals surface area contributed by atoms with Crippen molar-refractivity contribution in [3.05, 3.63) is 100 Å². The lowest BCUT2D eigenvalue weighted by Crippen LogP contribution is -2.28. The van der Waals surface area contributed by atoms with Crippen molar-refractivity contribution in [1.82, 2.24) is 5.32 Å². The molecule has 1 aromatic heterocycles. The molecule has 0 saturated carbocycles. The first-order chi connectivity index (χ1) is 13.1. The minimum absolute atomic E-state index is 0.0249. The molecule has 27 heavy (non-hydrogen) atoms. The zero-order valence-corrected chi connectivity index (χ0v) is 15.8. The van der Waals surface area contributed by atoms with Crippen LogP contribution in [0.15, 0.2) is 87.6 Å². The van der Waals surface area contributed by atoms with Crippen LogP contribution >= 0.6 is 15.9 Å². The third-order valence-electron chi connectivity index (χ3n) is 3.62. The van der Waals surface area contributed by atoms with Gasteiger partial charge in [-0.1, -0.05) is 42.5 Å². The van der Waals surface area contributed by atoms with Gasteiger partial charge >= 0.3 is 5.97 Å². The highest BCUT2D eigenvalue weighted by molar-refractivity contribution is 9.10. The summed E-state index contributed by atoms with van der Waals surface area (Å²) in [5, 5.41) is 2.64. The summed E-state index contributed by atoms with van der Waals surface area (Å²) in [5.41, 5.74) is 1.21. The predicted octanol–water partition coefficient (Wildman–Crippen LogP) is 4.56. The van der Waals surface area contributed by atoms with Crippen molar-refractivity contribution in [2.75, 3.05) is 0 Å². The third kappa shape index (κ3) is 5.18. The number of nitrogens with one attached hydrogen (secondary N) is 1. The zero-order valence-electron chi connectivity index (χ0n) is 14.2. The maximum absolute atomic E-state index is 12.6. The number of carbonyl (C=O) groups is 2. The molecule has 3 aromatic rings. The van der Waals surface area contributed by atoms with Crippen LogP contribution in [0.3, 0.4) is 0 Å². The maximum atomic E-state index is 12.6. The first-order valence-electron chi connectivity index (χ1n) is 8.15. The van der Waals surface area contributed by atoms with E-state index in [1.807, 2.05) is 30.3 Å². The summed E-state index contributed by atoms with van der Waals surface area (Å²) in [6.45, 7) is -0.0249. The lowest BCUT2D eigenvalue weighted by atomic mass is 10.1.